The quantitative estimate of drug-likeness (QED) is 0.0487. The van der Waals surface area contributed by atoms with Crippen LogP contribution in [0.25, 0.3) is 0 Å². The highest BCUT2D eigenvalue weighted by Gasteiger charge is 2.56. The normalized spacial score (nSPS) is 13.8. The zero-order valence-corrected chi connectivity index (χ0v) is 90.9. The number of unbranched alkanes of at least 4 members (excludes halogenated alkanes) is 14. The Hall–Kier alpha value is -1.96. The molecule has 0 aliphatic heterocycles. The van der Waals surface area contributed by atoms with Crippen LogP contribution in [0.2, 0.25) is 99.7 Å². The lowest BCUT2D eigenvalue weighted by Gasteiger charge is -2.50. The third kappa shape index (κ3) is 30.1. The van der Waals surface area contributed by atoms with Gasteiger partial charge in [-0.3, -0.25) is 9.59 Å². The predicted molar refractivity (Wildman–Crippen MR) is 528 cm³/mol. The third-order valence-corrected chi connectivity index (χ3v) is 65.5. The van der Waals surface area contributed by atoms with E-state index in [-0.39, 0.29) is 17.7 Å². The molecule has 0 heterocycles. The molecule has 0 saturated carbocycles. The highest BCUT2D eigenvalue weighted by Crippen LogP contribution is 2.50. The number of carbonyl (C=O) groups is 2. The monoisotopic (exact) mass is 1750 g/mol. The summed E-state index contributed by atoms with van der Waals surface area (Å²) in [6, 6.07) is 13.3. The molecule has 0 bridgehead atoms. The largest absolute Gasteiger partial charge is 0.494 e. The van der Waals surface area contributed by atoms with E-state index in [2.05, 4.69) is 317 Å². The summed E-state index contributed by atoms with van der Waals surface area (Å²) in [5.41, 5.74) is 10.8. The molecule has 2 aromatic rings. The summed E-state index contributed by atoms with van der Waals surface area (Å²) >= 11 is 0. The maximum absolute atomic E-state index is 14.7. The lowest BCUT2D eigenvalue weighted by Crippen LogP contribution is -2.65. The highest BCUT2D eigenvalue weighted by molar-refractivity contribution is 6.80. The zero-order valence-electron chi connectivity index (χ0n) is 84.9. The molecule has 2 aromatic carbocycles. The van der Waals surface area contributed by atoms with Crippen molar-refractivity contribution in [3.8, 4) is 11.5 Å². The van der Waals surface area contributed by atoms with E-state index in [0.717, 1.165) is 88.9 Å². The van der Waals surface area contributed by atoms with Crippen LogP contribution in [-0.2, 0) is 36.1 Å². The SMILES string of the molecule is Cc1cc(OCCCCCCCCCCC(=O)NC(CO[Si](C(C)C)(C(C)C)C(C)C)(CO[Si](C(C)C)(C(C)C)C(C)C)CO[Si](C(C)C)(C(C)C)C(C)C)ccc1C(C)c1ccc(OCCCCCCCCCCC(=O)NC(CO[Si](C(C)C)(C(C)C)C(C)C)(CO[Si](C(C)C)(C(C)C)C(C)C)CO[Si](C(C)C)(C(C)C)C(C)C)cc1C. The highest BCUT2D eigenvalue weighted by atomic mass is 28.4. The fraction of sp³-hybridized carbons (Fsp3) is 0.860. The van der Waals surface area contributed by atoms with E-state index in [1.165, 1.54) is 60.8 Å². The fourth-order valence-corrected chi connectivity index (χ4v) is 56.8. The molecule has 0 aromatic heterocycles. The Morgan fingerprint density at radius 1 is 0.263 bits per heavy atom. The lowest BCUT2D eigenvalue weighted by molar-refractivity contribution is -0.125. The molecule has 0 saturated heterocycles. The van der Waals surface area contributed by atoms with Crippen LogP contribution in [0.4, 0.5) is 0 Å². The first-order valence-electron chi connectivity index (χ1n) is 48.8. The van der Waals surface area contributed by atoms with E-state index < -0.39 is 61.0 Å². The second kappa shape index (κ2) is 52.4. The van der Waals surface area contributed by atoms with E-state index in [0.29, 0.717) is 152 Å². The maximum Gasteiger partial charge on any atom is 0.220 e. The van der Waals surface area contributed by atoms with E-state index in [4.69, 9.17) is 36.0 Å². The molecule has 0 aliphatic carbocycles. The van der Waals surface area contributed by atoms with Gasteiger partial charge in [-0.25, -0.2) is 0 Å². The van der Waals surface area contributed by atoms with Crippen LogP contribution in [0, 0.1) is 13.8 Å². The first kappa shape index (κ1) is 112. The molecule has 0 fully saturated rings. The van der Waals surface area contributed by atoms with Crippen molar-refractivity contribution in [2.75, 3.05) is 52.9 Å². The van der Waals surface area contributed by atoms with Gasteiger partial charge in [0.2, 0.25) is 11.8 Å². The van der Waals surface area contributed by atoms with Gasteiger partial charge in [-0.05, 0) is 186 Å². The van der Waals surface area contributed by atoms with Crippen molar-refractivity contribution in [1.82, 2.24) is 10.6 Å². The molecule has 18 heteroatoms. The van der Waals surface area contributed by atoms with Gasteiger partial charge in [-0.15, -0.1) is 0 Å². The summed E-state index contributed by atoms with van der Waals surface area (Å²) in [6.07, 6.45) is 18.5. The minimum absolute atomic E-state index is 0.0919. The molecule has 2 amide bonds. The maximum atomic E-state index is 14.7. The van der Waals surface area contributed by atoms with Crippen LogP contribution in [0.1, 0.15) is 400 Å². The Kier molecular flexibility index (Phi) is 49.7. The fourth-order valence-electron chi connectivity index (χ4n) is 23.7. The summed E-state index contributed by atoms with van der Waals surface area (Å²) in [5.74, 6) is 2.31. The molecule has 0 spiro atoms. The minimum Gasteiger partial charge on any atom is -0.494 e. The van der Waals surface area contributed by atoms with Gasteiger partial charge in [0, 0.05) is 18.8 Å². The average molecular weight is 1760 g/mol. The number of nitrogens with one attached hydrogen (secondary N) is 2. The van der Waals surface area contributed by atoms with Crippen LogP contribution in [-0.4, -0.2) is 126 Å². The molecular weight excluding hydrogens is 1560 g/mol. The van der Waals surface area contributed by atoms with Gasteiger partial charge in [0.05, 0.1) is 52.9 Å². The van der Waals surface area contributed by atoms with Crippen molar-refractivity contribution in [2.24, 2.45) is 0 Å². The number of amides is 2. The number of rotatable bonds is 64. The molecule has 2 N–H and O–H groups in total. The van der Waals surface area contributed by atoms with Gasteiger partial charge in [0.1, 0.15) is 22.6 Å². The molecular formula is C100H196N2O10Si6. The lowest BCUT2D eigenvalue weighted by atomic mass is 9.87. The van der Waals surface area contributed by atoms with Crippen molar-refractivity contribution in [3.05, 3.63) is 58.7 Å². The van der Waals surface area contributed by atoms with Gasteiger partial charge in [-0.1, -0.05) is 345 Å². The van der Waals surface area contributed by atoms with Crippen molar-refractivity contribution in [2.45, 2.75) is 502 Å². The van der Waals surface area contributed by atoms with E-state index in [1.807, 2.05) is 0 Å². The summed E-state index contributed by atoms with van der Waals surface area (Å²) in [7, 11) is -14.1. The van der Waals surface area contributed by atoms with E-state index in [1.54, 1.807) is 0 Å². The van der Waals surface area contributed by atoms with E-state index in [9.17, 15) is 9.59 Å². The zero-order chi connectivity index (χ0) is 90.3. The first-order chi connectivity index (χ1) is 54.9. The summed E-state index contributed by atoms with van der Waals surface area (Å²) in [5, 5.41) is 7.45. The summed E-state index contributed by atoms with van der Waals surface area (Å²) in [4.78, 5) is 29.3. The van der Waals surface area contributed by atoms with Crippen molar-refractivity contribution in [3.63, 3.8) is 0 Å². The average Bonchev–Trinajstić information content (AvgIpc) is 0.774. The van der Waals surface area contributed by atoms with Crippen molar-refractivity contribution >= 4 is 61.7 Å². The molecule has 2 rings (SSSR count). The number of benzene rings is 2. The molecule has 12 nitrogen and oxygen atoms in total. The van der Waals surface area contributed by atoms with Gasteiger partial charge in [0.15, 0.2) is 49.9 Å². The van der Waals surface area contributed by atoms with Crippen LogP contribution < -0.4 is 20.1 Å². The van der Waals surface area contributed by atoms with Gasteiger partial charge in [-0.2, -0.15) is 0 Å². The van der Waals surface area contributed by atoms with E-state index >= 15 is 0 Å². The number of ether oxygens (including phenoxy) is 2. The van der Waals surface area contributed by atoms with Crippen molar-refractivity contribution in [1.29, 1.82) is 0 Å². The number of carbonyl (C=O) groups excluding carboxylic acids is 2. The Labute approximate surface area is 738 Å². The smallest absolute Gasteiger partial charge is 0.220 e. The van der Waals surface area contributed by atoms with Crippen LogP contribution in [0.5, 0.6) is 11.5 Å². The Morgan fingerprint density at radius 2 is 0.432 bits per heavy atom. The molecule has 690 valence electrons. The summed E-state index contributed by atoms with van der Waals surface area (Å²) in [6.45, 7) is 95.5. The molecule has 0 aliphatic rings. The van der Waals surface area contributed by atoms with Crippen LogP contribution >= 0.6 is 0 Å². The molecule has 0 atom stereocenters. The Bertz CT molecular complexity index is 2600. The number of hydrogen-bond donors (Lipinski definition) is 2. The molecule has 0 radical (unpaired) electrons. The van der Waals surface area contributed by atoms with Gasteiger partial charge in [0.25, 0.3) is 0 Å². The minimum atomic E-state index is -2.34. The number of hydrogen-bond acceptors (Lipinski definition) is 10. The second-order valence-electron chi connectivity index (χ2n) is 42.9. The topological polar surface area (TPSA) is 132 Å². The Morgan fingerprint density at radius 3 is 0.602 bits per heavy atom. The number of aryl methyl sites for hydroxylation is 2. The second-order valence-corrected chi connectivity index (χ2v) is 75.7. The van der Waals surface area contributed by atoms with Gasteiger partial charge < -0.3 is 46.7 Å². The predicted octanol–water partition coefficient (Wildman–Crippen LogP) is 31.1. The van der Waals surface area contributed by atoms with Crippen molar-refractivity contribution < 1.29 is 45.6 Å². The Balaban J connectivity index is 2.02. The van der Waals surface area contributed by atoms with Crippen LogP contribution in [0.3, 0.4) is 0 Å². The summed E-state index contributed by atoms with van der Waals surface area (Å²) < 4.78 is 58.2. The molecule has 0 unspecified atom stereocenters. The van der Waals surface area contributed by atoms with Gasteiger partial charge >= 0.3 is 0 Å². The van der Waals surface area contributed by atoms with Crippen LogP contribution in [0.15, 0.2) is 36.4 Å². The molecule has 118 heavy (non-hydrogen) atoms. The standard InChI is InChI=1S/C100H196N2O10Si6/c1-72(2)113(73(3)4,74(5)6)107-66-99(67-108-114(75(7)8,76(9)10)77(11)12,68-109-115(78(13)14,79(15)16)80(17)18)101-97(103)56-52-48-44-40-42-46-50-54-62-105-93-58-60-95(90(37)64-93)92(39)96-61-59-94(65-91(96)38)106-63-55-51-47-43-41-45-49-53-57-98(104)102-100(69-110-116(81(19)20,82(21)22)83(23)24,70-111-117(84(25)26,85(27)28)86(29)30)71-112-118(87(31)32,88(33)34)89(35)36/h58-61,64-65,72-89,92H,40-57,62-63,66-71H2,1-39H3,(H,101,103)(H,102,104). The first-order valence-corrected chi connectivity index (χ1v) is 61.6. The third-order valence-electron chi connectivity index (χ3n) is 29.2.